The minimum atomic E-state index is -5.60. The SMILES string of the molecule is CC(O)(CC(=O)O)CC(=O)SCCNC(=O)CCNC(=O)C(O)C(C)(C)COP(=O)(O)OP(=O)(O)OCC1OC(n2cnc3c(N)ncnc32)C(O)C1OP(=O)(O)O.[Na].[Na]. The summed E-state index contributed by atoms with van der Waals surface area (Å²) in [7, 11) is -16.5. The number of nitrogens with one attached hydrogen (secondary N) is 2. The van der Waals surface area contributed by atoms with Gasteiger partial charge in [-0.3, -0.25) is 37.3 Å². The number of nitrogen functional groups attached to an aromatic ring is 1. The van der Waals surface area contributed by atoms with Crippen LogP contribution in [0.3, 0.4) is 0 Å². The van der Waals surface area contributed by atoms with E-state index in [-0.39, 0.29) is 101 Å². The van der Waals surface area contributed by atoms with Crippen LogP contribution in [0, 0.1) is 5.41 Å². The van der Waals surface area contributed by atoms with Crippen LogP contribution in [0.1, 0.15) is 46.3 Å². The van der Waals surface area contributed by atoms with Crippen LogP contribution in [0.2, 0.25) is 0 Å². The number of nitrogens with zero attached hydrogens (tertiary/aromatic N) is 4. The van der Waals surface area contributed by atoms with Crippen LogP contribution in [-0.4, -0.2) is 204 Å². The van der Waals surface area contributed by atoms with Gasteiger partial charge in [0.25, 0.3) is 0 Å². The van der Waals surface area contributed by atoms with E-state index in [2.05, 4.69) is 34.4 Å². The number of carbonyl (C=O) groups is 4. The van der Waals surface area contributed by atoms with Gasteiger partial charge in [0.15, 0.2) is 22.8 Å². The molecule has 2 radical (unpaired) electrons. The molecule has 33 heteroatoms. The van der Waals surface area contributed by atoms with Gasteiger partial charge in [-0.05, 0) is 6.92 Å². The third-order valence-electron chi connectivity index (χ3n) is 7.82. The monoisotopic (exact) mass is 957 g/mol. The van der Waals surface area contributed by atoms with Gasteiger partial charge in [-0.25, -0.2) is 28.6 Å². The average molecular weight is 958 g/mol. The molecule has 0 aromatic carbocycles. The molecule has 60 heavy (non-hydrogen) atoms. The number of fused-ring (bicyclic) bond motifs is 1. The Morgan fingerprint density at radius 1 is 1.00 bits per heavy atom. The van der Waals surface area contributed by atoms with E-state index in [0.29, 0.717) is 0 Å². The summed E-state index contributed by atoms with van der Waals surface area (Å²) in [4.78, 5) is 98.2. The van der Waals surface area contributed by atoms with Crippen LogP contribution in [-0.2, 0) is 55.5 Å². The van der Waals surface area contributed by atoms with Gasteiger partial charge in [0.05, 0.1) is 31.6 Å². The Labute approximate surface area is 389 Å². The molecule has 1 fully saturated rings. The summed E-state index contributed by atoms with van der Waals surface area (Å²) in [6.45, 7) is 1.29. The summed E-state index contributed by atoms with van der Waals surface area (Å²) in [6, 6.07) is 0. The number of carboxylic acid groups (broad SMARTS) is 1. The van der Waals surface area contributed by atoms with Crippen molar-refractivity contribution in [3.05, 3.63) is 12.7 Å². The fourth-order valence-corrected chi connectivity index (χ4v) is 8.72. The second-order valence-electron chi connectivity index (χ2n) is 13.5. The quantitative estimate of drug-likeness (QED) is 0.0312. The molecular weight excluding hydrogens is 913 g/mol. The number of phosphoric ester groups is 3. The average Bonchev–Trinajstić information content (AvgIpc) is 3.63. The van der Waals surface area contributed by atoms with Crippen LogP contribution in [0.4, 0.5) is 5.82 Å². The number of aliphatic carboxylic acids is 1. The fourth-order valence-electron chi connectivity index (χ4n) is 5.05. The first-order valence-corrected chi connectivity index (χ1v) is 22.1. The fraction of sp³-hybridized carbons (Fsp3) is 0.667. The van der Waals surface area contributed by atoms with Crippen LogP contribution < -0.4 is 16.4 Å². The van der Waals surface area contributed by atoms with Crippen LogP contribution in [0.25, 0.3) is 11.2 Å². The Hall–Kier alpha value is -1.01. The summed E-state index contributed by atoms with van der Waals surface area (Å²) in [6.07, 6.45) is -8.22. The standard InChI is InChI=1S/C27H44N7O20P3S.2Na/c1-26(2,21(40)24(41)30-5-4-15(35)29-6-7-58-17(38)9-27(3,42)8-16(36)37)11-51-57(48,49)54-56(46,47)50-10-14-20(53-55(43,44)45)19(39)25(52-14)34-13-33-18-22(28)31-12-32-23(18)34;;/h12-14,19-21,25,39-40,42H,4-11H2,1-3H3,(H,29,35)(H,30,41)(H,36,37)(H,46,47)(H,48,49)(H2,28,31,32)(H2,43,44,45);;. The topological polar surface area (TPSA) is 421 Å². The van der Waals surface area contributed by atoms with Gasteiger partial charge in [-0.2, -0.15) is 4.31 Å². The minimum absolute atomic E-state index is 0. The second kappa shape index (κ2) is 23.8. The molecular formula is C27H44N7Na2O20P3S. The molecule has 0 saturated carbocycles. The van der Waals surface area contributed by atoms with Crippen molar-refractivity contribution in [2.75, 3.05) is 37.8 Å². The van der Waals surface area contributed by atoms with E-state index >= 15 is 0 Å². The molecule has 3 rings (SSSR count). The van der Waals surface area contributed by atoms with Crippen molar-refractivity contribution in [1.82, 2.24) is 30.2 Å². The van der Waals surface area contributed by atoms with E-state index in [0.717, 1.165) is 29.0 Å². The molecule has 8 atom stereocenters. The van der Waals surface area contributed by atoms with E-state index in [9.17, 15) is 67.8 Å². The molecule has 2 aromatic heterocycles. The number of thioether (sulfide) groups is 1. The number of hydrogen-bond acceptors (Lipinski definition) is 20. The van der Waals surface area contributed by atoms with Crippen LogP contribution in [0.5, 0.6) is 0 Å². The molecule has 1 saturated heterocycles. The molecule has 0 bridgehead atoms. The number of aliphatic hydroxyl groups excluding tert-OH is 2. The first-order valence-electron chi connectivity index (χ1n) is 16.6. The van der Waals surface area contributed by atoms with Crippen molar-refractivity contribution in [3.8, 4) is 0 Å². The summed E-state index contributed by atoms with van der Waals surface area (Å²) in [5.74, 6) is -2.81. The number of rotatable bonds is 23. The Morgan fingerprint density at radius 3 is 2.25 bits per heavy atom. The largest absolute Gasteiger partial charge is 0.481 e. The van der Waals surface area contributed by atoms with Crippen molar-refractivity contribution in [3.63, 3.8) is 0 Å². The number of aliphatic hydroxyl groups is 3. The third kappa shape index (κ3) is 18.2. The van der Waals surface area contributed by atoms with Crippen LogP contribution in [0.15, 0.2) is 12.7 Å². The molecule has 330 valence electrons. The maximum Gasteiger partial charge on any atom is 0.481 e. The summed E-state index contributed by atoms with van der Waals surface area (Å²) < 4.78 is 62.0. The number of imidazole rings is 1. The maximum atomic E-state index is 12.7. The zero-order valence-corrected chi connectivity index (χ0v) is 40.3. The summed E-state index contributed by atoms with van der Waals surface area (Å²) in [5.41, 5.74) is 2.44. The minimum Gasteiger partial charge on any atom is -0.481 e. The number of hydrogen-bond donors (Lipinski definition) is 11. The van der Waals surface area contributed by atoms with Gasteiger partial charge < -0.3 is 61.1 Å². The summed E-state index contributed by atoms with van der Waals surface area (Å²) >= 11 is 0.771. The third-order valence-corrected chi connectivity index (χ3v) is 11.8. The molecule has 0 spiro atoms. The van der Waals surface area contributed by atoms with Crippen molar-refractivity contribution < 1.29 is 95.5 Å². The number of carbonyl (C=O) groups excluding carboxylic acids is 3. The normalized spacial score (nSPS) is 21.6. The molecule has 1 aliphatic rings. The molecule has 27 nitrogen and oxygen atoms in total. The number of phosphoric acid groups is 3. The van der Waals surface area contributed by atoms with Gasteiger partial charge in [0, 0.05) is 96.2 Å². The van der Waals surface area contributed by atoms with E-state index in [1.165, 1.54) is 20.8 Å². The zero-order valence-electron chi connectivity index (χ0n) is 32.8. The molecule has 3 heterocycles. The number of ether oxygens (including phenoxy) is 1. The van der Waals surface area contributed by atoms with Crippen molar-refractivity contribution in [2.45, 2.75) is 76.3 Å². The van der Waals surface area contributed by atoms with Crippen molar-refractivity contribution in [2.24, 2.45) is 5.41 Å². The predicted octanol–water partition coefficient (Wildman–Crippen LogP) is -2.48. The van der Waals surface area contributed by atoms with E-state index in [1.807, 2.05) is 0 Å². The number of anilines is 1. The Balaban J connectivity index is 0.00000900. The van der Waals surface area contributed by atoms with Crippen molar-refractivity contribution >= 4 is 134 Å². The van der Waals surface area contributed by atoms with Gasteiger partial charge >= 0.3 is 29.4 Å². The maximum absolute atomic E-state index is 12.7. The van der Waals surface area contributed by atoms with Gasteiger partial charge in [-0.15, -0.1) is 0 Å². The molecule has 0 aliphatic carbocycles. The molecule has 2 amide bonds. The number of nitrogens with two attached hydrogens (primary N) is 1. The van der Waals surface area contributed by atoms with Crippen LogP contribution >= 0.6 is 35.2 Å². The molecule has 8 unspecified atom stereocenters. The zero-order chi connectivity index (χ0) is 43.9. The first-order chi connectivity index (χ1) is 26.6. The molecule has 12 N–H and O–H groups in total. The molecule has 2 aromatic rings. The summed E-state index contributed by atoms with van der Waals surface area (Å²) in [5, 5.41) is 44.4. The number of amides is 2. The van der Waals surface area contributed by atoms with Gasteiger partial charge in [-0.1, -0.05) is 25.6 Å². The first kappa shape index (κ1) is 57.0. The van der Waals surface area contributed by atoms with Crippen molar-refractivity contribution in [1.29, 1.82) is 0 Å². The van der Waals surface area contributed by atoms with Gasteiger partial charge in [0.1, 0.15) is 36.3 Å². The Bertz CT molecular complexity index is 1960. The Kier molecular flexibility index (Phi) is 22.6. The second-order valence-corrected chi connectivity index (χ2v) is 18.9. The Morgan fingerprint density at radius 2 is 1.63 bits per heavy atom. The van der Waals surface area contributed by atoms with E-state index in [1.54, 1.807) is 0 Å². The van der Waals surface area contributed by atoms with E-state index in [4.69, 9.17) is 24.6 Å². The number of aromatic nitrogens is 4. The smallest absolute Gasteiger partial charge is 0.481 e. The van der Waals surface area contributed by atoms with Gasteiger partial charge in [0.2, 0.25) is 11.8 Å². The predicted molar refractivity (Wildman–Crippen MR) is 206 cm³/mol. The number of carboxylic acids is 1. The molecule has 1 aliphatic heterocycles. The van der Waals surface area contributed by atoms with E-state index < -0.39 is 114 Å².